The zero-order chi connectivity index (χ0) is 44.7. The van der Waals surface area contributed by atoms with Gasteiger partial charge >= 0.3 is 24.2 Å². The molecular weight excluding hydrogens is 859 g/mol. The maximum Gasteiger partial charge on any atom is 0.410 e. The van der Waals surface area contributed by atoms with Gasteiger partial charge in [0.1, 0.15) is 16.8 Å². The molecule has 0 fully saturated rings. The van der Waals surface area contributed by atoms with E-state index < -0.39 is 47.5 Å². The van der Waals surface area contributed by atoms with Gasteiger partial charge in [-0.1, -0.05) is 34.8 Å². The van der Waals surface area contributed by atoms with Crippen LogP contribution in [0, 0.1) is 0 Å². The number of carboxylic acids is 1. The number of carboxylic acid groups (broad SMARTS) is 1. The zero-order valence-corrected chi connectivity index (χ0v) is 36.6. The molecule has 24 heteroatoms. The van der Waals surface area contributed by atoms with Crippen LogP contribution in [0.25, 0.3) is 17.1 Å². The Morgan fingerprint density at radius 2 is 1.46 bits per heavy atom. The molecule has 4 amide bonds. The molecule has 6 rings (SSSR count). The molecule has 2 atom stereocenters. The summed E-state index contributed by atoms with van der Waals surface area (Å²) in [4.78, 5) is 69.4. The summed E-state index contributed by atoms with van der Waals surface area (Å²) in [5.74, 6) is -1.04. The predicted molar refractivity (Wildman–Crippen MR) is 223 cm³/mol. The topological polar surface area (TPSA) is 241 Å². The summed E-state index contributed by atoms with van der Waals surface area (Å²) >= 11 is 19.3. The number of ether oxygens (including phenoxy) is 2. The van der Waals surface area contributed by atoms with Crippen molar-refractivity contribution in [2.75, 3.05) is 24.7 Å². The minimum Gasteiger partial charge on any atom is -0.478 e. The third-order valence-corrected chi connectivity index (χ3v) is 10.0. The van der Waals surface area contributed by atoms with E-state index in [2.05, 4.69) is 46.0 Å². The number of fused-ring (bicyclic) bond motifs is 2. The second kappa shape index (κ2) is 17.0. The van der Waals surface area contributed by atoms with Crippen molar-refractivity contribution in [3.05, 3.63) is 81.0 Å². The van der Waals surface area contributed by atoms with Gasteiger partial charge in [0, 0.05) is 38.3 Å². The minimum atomic E-state index is -1.30. The van der Waals surface area contributed by atoms with Crippen LogP contribution >= 0.6 is 34.8 Å². The molecule has 0 radical (unpaired) electrons. The van der Waals surface area contributed by atoms with Gasteiger partial charge in [0.15, 0.2) is 27.4 Å². The molecule has 6 aromatic rings. The second-order valence-corrected chi connectivity index (χ2v) is 16.6. The van der Waals surface area contributed by atoms with Crippen molar-refractivity contribution in [3.8, 4) is 5.82 Å². The fourth-order valence-corrected chi connectivity index (χ4v) is 6.85. The van der Waals surface area contributed by atoms with Gasteiger partial charge in [-0.25, -0.2) is 43.2 Å². The van der Waals surface area contributed by atoms with E-state index in [1.54, 1.807) is 48.5 Å². The van der Waals surface area contributed by atoms with Gasteiger partial charge in [-0.2, -0.15) is 20.4 Å². The Hall–Kier alpha value is -6.32. The van der Waals surface area contributed by atoms with Crippen LogP contribution in [0.2, 0.25) is 15.3 Å². The molecule has 0 spiro atoms. The maximum atomic E-state index is 13.9. The Balaban J connectivity index is 1.23. The van der Waals surface area contributed by atoms with Crippen LogP contribution in [0.1, 0.15) is 87.9 Å². The summed E-state index contributed by atoms with van der Waals surface area (Å²) < 4.78 is 14.2. The van der Waals surface area contributed by atoms with Gasteiger partial charge in [0.2, 0.25) is 0 Å². The van der Waals surface area contributed by atoms with Gasteiger partial charge < -0.3 is 35.0 Å². The summed E-state index contributed by atoms with van der Waals surface area (Å²) in [5, 5.41) is 32.6. The number of urea groups is 1. The standard InChI is InChI=1S/C37H41Cl3N14O7/c1-18(50(8)34(58)60-36(3,4)5)27-22(32(55)56)16-43-30-21(29(40)49-53(27)30)14-37(6,7)61-35(59)51(9)19(2)28-24(17-41-26-13-25(39)48-52(26)28)47-33(57)46-20-12-23(38)31(42-15-20)54-44-10-11-45-54/h10-13,15-19H,14H2,1-9H3,(H,55,56)(H2,46,47,57)/t18-,19-/m0/s1. The number of hydrogen-bond acceptors (Lipinski definition) is 13. The van der Waals surface area contributed by atoms with Crippen molar-refractivity contribution in [3.63, 3.8) is 0 Å². The number of nitrogens with zero attached hydrogens (tertiary/aromatic N) is 12. The Morgan fingerprint density at radius 3 is 2.08 bits per heavy atom. The summed E-state index contributed by atoms with van der Waals surface area (Å²) in [6.07, 6.45) is 5.40. The van der Waals surface area contributed by atoms with Gasteiger partial charge in [-0.05, 0) is 54.5 Å². The van der Waals surface area contributed by atoms with E-state index in [-0.39, 0.29) is 55.8 Å². The molecule has 0 unspecified atom stereocenters. The molecule has 0 saturated heterocycles. The Morgan fingerprint density at radius 1 is 0.820 bits per heavy atom. The van der Waals surface area contributed by atoms with Crippen LogP contribution in [0.5, 0.6) is 0 Å². The number of halogens is 3. The third-order valence-electron chi connectivity index (χ3n) is 9.27. The van der Waals surface area contributed by atoms with E-state index in [9.17, 15) is 24.3 Å². The molecule has 0 aliphatic heterocycles. The van der Waals surface area contributed by atoms with E-state index in [1.165, 1.54) is 74.6 Å². The molecule has 0 saturated carbocycles. The van der Waals surface area contributed by atoms with E-state index in [1.807, 2.05) is 0 Å². The van der Waals surface area contributed by atoms with Crippen LogP contribution in [-0.2, 0) is 15.9 Å². The lowest BCUT2D eigenvalue weighted by Crippen LogP contribution is -2.39. The molecule has 3 N–H and O–H groups in total. The molecule has 6 aromatic heterocycles. The quantitative estimate of drug-likeness (QED) is 0.117. The van der Waals surface area contributed by atoms with E-state index in [4.69, 9.17) is 44.3 Å². The summed E-state index contributed by atoms with van der Waals surface area (Å²) in [7, 11) is 2.98. The van der Waals surface area contributed by atoms with Gasteiger partial charge in [0.25, 0.3) is 0 Å². The molecule has 6 heterocycles. The Bertz CT molecular complexity index is 2660. The first-order valence-electron chi connectivity index (χ1n) is 18.4. The van der Waals surface area contributed by atoms with Gasteiger partial charge in [-0.3, -0.25) is 0 Å². The summed E-state index contributed by atoms with van der Waals surface area (Å²) in [5.41, 5.74) is -0.520. The summed E-state index contributed by atoms with van der Waals surface area (Å²) in [6, 6.07) is 0.622. The smallest absolute Gasteiger partial charge is 0.410 e. The molecule has 21 nitrogen and oxygen atoms in total. The van der Waals surface area contributed by atoms with Crippen LogP contribution < -0.4 is 10.6 Å². The van der Waals surface area contributed by atoms with E-state index >= 15 is 0 Å². The lowest BCUT2D eigenvalue weighted by atomic mass is 10.00. The van der Waals surface area contributed by atoms with Crippen molar-refractivity contribution in [2.45, 2.75) is 78.2 Å². The summed E-state index contributed by atoms with van der Waals surface area (Å²) in [6.45, 7) is 11.8. The highest BCUT2D eigenvalue weighted by atomic mass is 35.5. The van der Waals surface area contributed by atoms with Crippen molar-refractivity contribution < 1.29 is 33.8 Å². The second-order valence-electron chi connectivity index (χ2n) is 15.4. The molecule has 322 valence electrons. The first-order valence-corrected chi connectivity index (χ1v) is 19.5. The lowest BCUT2D eigenvalue weighted by molar-refractivity contribution is 0.0121. The SMILES string of the molecule is C[C@@H](c1c(NC(=O)Nc2cnc(-n3nccn3)c(Cl)c2)cnc2cc(Cl)nn12)N(C)C(=O)OC(C)(C)Cc1c(Cl)nn2c([C@H](C)N(C)C(=O)OC(C)(C)C)c(C(=O)O)cnc12. The number of carbonyl (C=O) groups excluding carboxylic acids is 3. The normalized spacial score (nSPS) is 12.9. The van der Waals surface area contributed by atoms with Gasteiger partial charge in [-0.15, -0.1) is 4.80 Å². The van der Waals surface area contributed by atoms with E-state index in [0.717, 1.165) is 6.20 Å². The highest BCUT2D eigenvalue weighted by molar-refractivity contribution is 6.32. The average Bonchev–Trinajstić information content (AvgIpc) is 3.91. The number of aromatic carboxylic acids is 1. The van der Waals surface area contributed by atoms with Crippen LogP contribution in [0.4, 0.5) is 25.8 Å². The number of carbonyl (C=O) groups is 4. The highest BCUT2D eigenvalue weighted by Gasteiger charge is 2.35. The van der Waals surface area contributed by atoms with Crippen molar-refractivity contribution in [1.82, 2.24) is 59.0 Å². The van der Waals surface area contributed by atoms with Crippen LogP contribution in [0.3, 0.4) is 0 Å². The fraction of sp³-hybridized carbons (Fsp3) is 0.378. The van der Waals surface area contributed by atoms with Crippen molar-refractivity contribution in [2.24, 2.45) is 0 Å². The number of amides is 4. The monoisotopic (exact) mass is 898 g/mol. The van der Waals surface area contributed by atoms with Crippen LogP contribution in [-0.4, -0.2) is 114 Å². The molecular formula is C37H41Cl3N14O7. The number of hydrogen-bond donors (Lipinski definition) is 3. The molecule has 0 aliphatic carbocycles. The van der Waals surface area contributed by atoms with Crippen LogP contribution in [0.15, 0.2) is 43.1 Å². The van der Waals surface area contributed by atoms with E-state index in [0.29, 0.717) is 16.9 Å². The number of nitrogens with one attached hydrogen (secondary N) is 2. The van der Waals surface area contributed by atoms with Crippen molar-refractivity contribution in [1.29, 1.82) is 0 Å². The predicted octanol–water partition coefficient (Wildman–Crippen LogP) is 7.13. The zero-order valence-electron chi connectivity index (χ0n) is 34.3. The fourth-order valence-electron chi connectivity index (χ4n) is 6.21. The Labute approximate surface area is 362 Å². The maximum absolute atomic E-state index is 13.9. The first-order chi connectivity index (χ1) is 28.5. The highest BCUT2D eigenvalue weighted by Crippen LogP contribution is 2.33. The number of rotatable bonds is 11. The molecule has 0 aliphatic rings. The average molecular weight is 900 g/mol. The molecule has 0 bridgehead atoms. The molecule has 61 heavy (non-hydrogen) atoms. The number of anilines is 2. The number of aromatic nitrogens is 10. The number of pyridine rings is 1. The first kappa shape index (κ1) is 44.2. The third kappa shape index (κ3) is 9.53. The Kier molecular flexibility index (Phi) is 12.3. The van der Waals surface area contributed by atoms with Gasteiger partial charge in [0.05, 0.1) is 64.7 Å². The van der Waals surface area contributed by atoms with Crippen molar-refractivity contribution >= 4 is 81.7 Å². The largest absolute Gasteiger partial charge is 0.478 e. The minimum absolute atomic E-state index is 0.0159. The lowest BCUT2D eigenvalue weighted by Gasteiger charge is -2.31. The molecule has 0 aromatic carbocycles.